The highest BCUT2D eigenvalue weighted by Crippen LogP contribution is 2.38. The summed E-state index contributed by atoms with van der Waals surface area (Å²) < 4.78 is 0. The van der Waals surface area contributed by atoms with Crippen LogP contribution in [-0.4, -0.2) is 28.7 Å². The normalized spacial score (nSPS) is 27.3. The van der Waals surface area contributed by atoms with E-state index < -0.39 is 23.0 Å². The highest BCUT2D eigenvalue weighted by atomic mass is 16.4. The molecule has 1 saturated carbocycles. The fourth-order valence-corrected chi connectivity index (χ4v) is 2.17. The lowest BCUT2D eigenvalue weighted by Gasteiger charge is -2.29. The summed E-state index contributed by atoms with van der Waals surface area (Å²) in [6.07, 6.45) is 7.32. The average molecular weight is 252 g/mol. The third-order valence-corrected chi connectivity index (χ3v) is 3.54. The topological polar surface area (TPSA) is 78.4 Å². The molecule has 5 nitrogen and oxygen atoms in total. The molecule has 1 aliphatic rings. The Morgan fingerprint density at radius 2 is 2.11 bits per heavy atom. The molecule has 2 atom stereocenters. The van der Waals surface area contributed by atoms with Gasteiger partial charge < -0.3 is 15.7 Å². The lowest BCUT2D eigenvalue weighted by atomic mass is 9.85. The van der Waals surface area contributed by atoms with E-state index in [1.165, 1.54) is 0 Å². The molecule has 100 valence electrons. The van der Waals surface area contributed by atoms with Gasteiger partial charge in [-0.15, -0.1) is 6.42 Å². The molecule has 3 N–H and O–H groups in total. The van der Waals surface area contributed by atoms with E-state index in [4.69, 9.17) is 6.42 Å². The minimum absolute atomic E-state index is 0.358. The monoisotopic (exact) mass is 252 g/mol. The molecule has 18 heavy (non-hydrogen) atoms. The summed E-state index contributed by atoms with van der Waals surface area (Å²) >= 11 is 0. The van der Waals surface area contributed by atoms with Crippen molar-refractivity contribution < 1.29 is 14.7 Å². The van der Waals surface area contributed by atoms with Crippen molar-refractivity contribution in [3.63, 3.8) is 0 Å². The van der Waals surface area contributed by atoms with Gasteiger partial charge in [0, 0.05) is 6.04 Å². The Labute approximate surface area is 107 Å². The van der Waals surface area contributed by atoms with E-state index in [2.05, 4.69) is 16.6 Å². The predicted octanol–water partition coefficient (Wildman–Crippen LogP) is 1.34. The second-order valence-corrected chi connectivity index (χ2v) is 5.54. The summed E-state index contributed by atoms with van der Waals surface area (Å²) in [6, 6.07) is -0.777. The van der Waals surface area contributed by atoms with Gasteiger partial charge in [0.2, 0.25) is 0 Å². The Balaban J connectivity index is 2.66. The van der Waals surface area contributed by atoms with Crippen LogP contribution in [0.1, 0.15) is 40.0 Å². The predicted molar refractivity (Wildman–Crippen MR) is 68.0 cm³/mol. The largest absolute Gasteiger partial charge is 0.481 e. The van der Waals surface area contributed by atoms with Crippen LogP contribution >= 0.6 is 0 Å². The minimum atomic E-state index is -0.891. The van der Waals surface area contributed by atoms with Gasteiger partial charge in [0.05, 0.1) is 11.0 Å². The minimum Gasteiger partial charge on any atom is -0.481 e. The molecule has 0 aromatic heterocycles. The quantitative estimate of drug-likeness (QED) is 0.663. The van der Waals surface area contributed by atoms with Crippen LogP contribution in [0.25, 0.3) is 0 Å². The fraction of sp³-hybridized carbons (Fsp3) is 0.692. The fourth-order valence-electron chi connectivity index (χ4n) is 2.17. The van der Waals surface area contributed by atoms with Crippen LogP contribution in [-0.2, 0) is 4.79 Å². The SMILES string of the molecule is C#CC(C)(C)NC(=O)NC1CCCC1(C)C(=O)O. The number of hydrogen-bond acceptors (Lipinski definition) is 2. The molecule has 1 aliphatic carbocycles. The molecule has 0 saturated heterocycles. The number of nitrogens with one attached hydrogen (secondary N) is 2. The van der Waals surface area contributed by atoms with Crippen molar-refractivity contribution in [2.45, 2.75) is 51.6 Å². The van der Waals surface area contributed by atoms with Crippen molar-refractivity contribution in [1.29, 1.82) is 0 Å². The molecular formula is C13H20N2O3. The maximum atomic E-state index is 11.8. The molecule has 5 heteroatoms. The number of carboxylic acid groups (broad SMARTS) is 1. The molecule has 0 aromatic carbocycles. The molecule has 0 spiro atoms. The van der Waals surface area contributed by atoms with Crippen LogP contribution in [0.3, 0.4) is 0 Å². The summed E-state index contributed by atoms with van der Waals surface area (Å²) in [7, 11) is 0. The van der Waals surface area contributed by atoms with Crippen molar-refractivity contribution in [2.75, 3.05) is 0 Å². The highest BCUT2D eigenvalue weighted by Gasteiger charge is 2.46. The Bertz CT molecular complexity index is 398. The van der Waals surface area contributed by atoms with Crippen LogP contribution in [0.15, 0.2) is 0 Å². The van der Waals surface area contributed by atoms with Gasteiger partial charge in [0.25, 0.3) is 0 Å². The molecule has 0 radical (unpaired) electrons. The number of carbonyl (C=O) groups excluding carboxylic acids is 1. The zero-order chi connectivity index (χ0) is 14.0. The lowest BCUT2D eigenvalue weighted by molar-refractivity contribution is -0.148. The molecule has 2 amide bonds. The summed E-state index contributed by atoms with van der Waals surface area (Å²) in [5, 5.41) is 14.6. The number of hydrogen-bond donors (Lipinski definition) is 3. The lowest BCUT2D eigenvalue weighted by Crippen LogP contribution is -2.54. The smallest absolute Gasteiger partial charge is 0.316 e. The van der Waals surface area contributed by atoms with E-state index in [1.54, 1.807) is 20.8 Å². The van der Waals surface area contributed by atoms with Crippen LogP contribution < -0.4 is 10.6 Å². The van der Waals surface area contributed by atoms with E-state index in [9.17, 15) is 14.7 Å². The Hall–Kier alpha value is -1.70. The van der Waals surface area contributed by atoms with Gasteiger partial charge in [-0.2, -0.15) is 0 Å². The van der Waals surface area contributed by atoms with E-state index in [-0.39, 0.29) is 6.04 Å². The summed E-state index contributed by atoms with van der Waals surface area (Å²) in [4.78, 5) is 23.0. The first-order valence-corrected chi connectivity index (χ1v) is 6.01. The Morgan fingerprint density at radius 3 is 2.61 bits per heavy atom. The van der Waals surface area contributed by atoms with Crippen molar-refractivity contribution >= 4 is 12.0 Å². The Morgan fingerprint density at radius 1 is 1.50 bits per heavy atom. The first kappa shape index (κ1) is 14.4. The summed E-state index contributed by atoms with van der Waals surface area (Å²) in [5.74, 6) is 1.58. The van der Waals surface area contributed by atoms with E-state index in [0.29, 0.717) is 12.8 Å². The van der Waals surface area contributed by atoms with E-state index in [0.717, 1.165) is 6.42 Å². The van der Waals surface area contributed by atoms with Crippen molar-refractivity contribution in [3.05, 3.63) is 0 Å². The maximum Gasteiger partial charge on any atom is 0.316 e. The molecular weight excluding hydrogens is 232 g/mol. The zero-order valence-corrected chi connectivity index (χ0v) is 11.0. The van der Waals surface area contributed by atoms with Gasteiger partial charge in [-0.05, 0) is 33.6 Å². The zero-order valence-electron chi connectivity index (χ0n) is 11.0. The van der Waals surface area contributed by atoms with Crippen molar-refractivity contribution in [3.8, 4) is 12.3 Å². The number of terminal acetylenes is 1. The number of rotatable bonds is 3. The highest BCUT2D eigenvalue weighted by molar-refractivity contribution is 5.79. The number of carbonyl (C=O) groups is 2. The average Bonchev–Trinajstić information content (AvgIpc) is 2.61. The van der Waals surface area contributed by atoms with Crippen molar-refractivity contribution in [1.82, 2.24) is 10.6 Å². The van der Waals surface area contributed by atoms with Crippen LogP contribution in [0.5, 0.6) is 0 Å². The van der Waals surface area contributed by atoms with Crippen LogP contribution in [0, 0.1) is 17.8 Å². The molecule has 1 rings (SSSR count). The van der Waals surface area contributed by atoms with Gasteiger partial charge in [0.1, 0.15) is 0 Å². The molecule has 0 bridgehead atoms. The first-order valence-electron chi connectivity index (χ1n) is 6.01. The first-order chi connectivity index (χ1) is 8.21. The van der Waals surface area contributed by atoms with E-state index in [1.807, 2.05) is 0 Å². The third-order valence-electron chi connectivity index (χ3n) is 3.54. The van der Waals surface area contributed by atoms with Crippen LogP contribution in [0.2, 0.25) is 0 Å². The Kier molecular flexibility index (Phi) is 3.90. The van der Waals surface area contributed by atoms with Gasteiger partial charge in [0.15, 0.2) is 0 Å². The van der Waals surface area contributed by atoms with E-state index >= 15 is 0 Å². The molecule has 0 heterocycles. The number of urea groups is 1. The van der Waals surface area contributed by atoms with Crippen molar-refractivity contribution in [2.24, 2.45) is 5.41 Å². The standard InChI is InChI=1S/C13H20N2O3/c1-5-12(2,3)15-11(18)14-9-7-6-8-13(9,4)10(16)17/h1,9H,6-8H2,2-4H3,(H,16,17)(H2,14,15,18). The number of carboxylic acids is 1. The van der Waals surface area contributed by atoms with Gasteiger partial charge >= 0.3 is 12.0 Å². The molecule has 1 fully saturated rings. The second kappa shape index (κ2) is 4.89. The number of aliphatic carboxylic acids is 1. The van der Waals surface area contributed by atoms with Crippen LogP contribution in [0.4, 0.5) is 4.79 Å². The number of amides is 2. The molecule has 0 aromatic rings. The van der Waals surface area contributed by atoms with Gasteiger partial charge in [-0.3, -0.25) is 4.79 Å². The molecule has 0 aliphatic heterocycles. The second-order valence-electron chi connectivity index (χ2n) is 5.54. The van der Waals surface area contributed by atoms with Gasteiger partial charge in [-0.1, -0.05) is 12.3 Å². The third kappa shape index (κ3) is 2.95. The summed E-state index contributed by atoms with van der Waals surface area (Å²) in [6.45, 7) is 5.08. The summed E-state index contributed by atoms with van der Waals surface area (Å²) in [5.41, 5.74) is -1.64. The van der Waals surface area contributed by atoms with Gasteiger partial charge in [-0.25, -0.2) is 4.79 Å². The maximum absolute atomic E-state index is 11.8. The molecule has 2 unspecified atom stereocenters.